The van der Waals surface area contributed by atoms with E-state index in [-0.39, 0.29) is 0 Å². The van der Waals surface area contributed by atoms with Crippen molar-refractivity contribution in [3.8, 4) is 0 Å². The number of para-hydroxylation sites is 1. The van der Waals surface area contributed by atoms with Gasteiger partial charge in [0.1, 0.15) is 0 Å². The molecule has 0 aromatic heterocycles. The van der Waals surface area contributed by atoms with Gasteiger partial charge in [-0.3, -0.25) is 4.90 Å². The summed E-state index contributed by atoms with van der Waals surface area (Å²) in [5, 5.41) is 0. The minimum absolute atomic E-state index is 1.18. The fraction of sp³-hybridized carbons (Fsp3) is 0.769. The van der Waals surface area contributed by atoms with Gasteiger partial charge in [-0.15, -0.1) is 0 Å². The van der Waals surface area contributed by atoms with Crippen LogP contribution >= 0.6 is 0 Å². The first-order chi connectivity index (χ1) is 13.9. The third kappa shape index (κ3) is 10.5. The van der Waals surface area contributed by atoms with Gasteiger partial charge in [0.15, 0.2) is 0 Å². The monoisotopic (exact) mass is 386 g/mol. The van der Waals surface area contributed by atoms with Crippen LogP contribution in [0.4, 0.5) is 5.69 Å². The van der Waals surface area contributed by atoms with Gasteiger partial charge in [-0.25, -0.2) is 0 Å². The molecule has 2 heteroatoms. The Kier molecular flexibility index (Phi) is 13.2. The van der Waals surface area contributed by atoms with Gasteiger partial charge < -0.3 is 4.90 Å². The van der Waals surface area contributed by atoms with Crippen molar-refractivity contribution in [3.63, 3.8) is 0 Å². The summed E-state index contributed by atoms with van der Waals surface area (Å²) in [5.41, 5.74) is 1.39. The van der Waals surface area contributed by atoms with E-state index in [4.69, 9.17) is 0 Å². The maximum absolute atomic E-state index is 2.67. The van der Waals surface area contributed by atoms with Crippen molar-refractivity contribution in [2.45, 2.75) is 96.8 Å². The quantitative estimate of drug-likeness (QED) is 0.275. The van der Waals surface area contributed by atoms with Crippen LogP contribution in [0.2, 0.25) is 0 Å². The lowest BCUT2D eigenvalue weighted by atomic mass is 10.0. The first-order valence-electron chi connectivity index (χ1n) is 12.4. The molecule has 1 heterocycles. The van der Waals surface area contributed by atoms with E-state index in [2.05, 4.69) is 47.1 Å². The molecule has 0 atom stereocenters. The predicted molar refractivity (Wildman–Crippen MR) is 125 cm³/mol. The van der Waals surface area contributed by atoms with Gasteiger partial charge in [0.25, 0.3) is 0 Å². The second-order valence-electron chi connectivity index (χ2n) is 8.76. The molecule has 0 aliphatic carbocycles. The van der Waals surface area contributed by atoms with Gasteiger partial charge in [-0.2, -0.15) is 0 Å². The van der Waals surface area contributed by atoms with Crippen molar-refractivity contribution in [1.29, 1.82) is 0 Å². The Labute approximate surface area is 175 Å². The van der Waals surface area contributed by atoms with Crippen molar-refractivity contribution in [2.75, 3.05) is 37.6 Å². The highest BCUT2D eigenvalue weighted by molar-refractivity contribution is 5.46. The van der Waals surface area contributed by atoms with Crippen LogP contribution in [-0.2, 0) is 0 Å². The predicted octanol–water partition coefficient (Wildman–Crippen LogP) is 7.29. The van der Waals surface area contributed by atoms with E-state index in [1.165, 1.54) is 128 Å². The molecule has 0 N–H and O–H groups in total. The zero-order valence-electron chi connectivity index (χ0n) is 18.7. The van der Waals surface area contributed by atoms with Crippen molar-refractivity contribution < 1.29 is 0 Å². The van der Waals surface area contributed by atoms with Crippen molar-refractivity contribution >= 4 is 5.69 Å². The zero-order valence-corrected chi connectivity index (χ0v) is 18.7. The molecule has 160 valence electrons. The molecule has 1 aromatic carbocycles. The molecule has 0 bridgehead atoms. The number of hydrogen-bond acceptors (Lipinski definition) is 2. The Bertz CT molecular complexity index is 451. The summed E-state index contributed by atoms with van der Waals surface area (Å²) in [6, 6.07) is 10.9. The summed E-state index contributed by atoms with van der Waals surface area (Å²) in [5.74, 6) is 0. The molecule has 0 amide bonds. The smallest absolute Gasteiger partial charge is 0.0367 e. The molecular weight excluding hydrogens is 340 g/mol. The second kappa shape index (κ2) is 15.9. The number of anilines is 1. The average Bonchev–Trinajstić information content (AvgIpc) is 2.75. The van der Waals surface area contributed by atoms with Crippen molar-refractivity contribution in [1.82, 2.24) is 4.90 Å². The highest BCUT2D eigenvalue weighted by atomic mass is 15.3. The molecule has 1 saturated heterocycles. The van der Waals surface area contributed by atoms with Gasteiger partial charge in [0, 0.05) is 31.9 Å². The first kappa shape index (κ1) is 23.3. The summed E-state index contributed by atoms with van der Waals surface area (Å²) in [6.45, 7) is 8.43. The number of rotatable bonds is 16. The van der Waals surface area contributed by atoms with Crippen LogP contribution in [0.3, 0.4) is 0 Å². The van der Waals surface area contributed by atoms with E-state index in [0.717, 1.165) is 0 Å². The van der Waals surface area contributed by atoms with Crippen molar-refractivity contribution in [2.24, 2.45) is 0 Å². The number of benzene rings is 1. The van der Waals surface area contributed by atoms with Gasteiger partial charge in [-0.1, -0.05) is 109 Å². The fourth-order valence-corrected chi connectivity index (χ4v) is 4.40. The van der Waals surface area contributed by atoms with E-state index in [9.17, 15) is 0 Å². The van der Waals surface area contributed by atoms with Crippen molar-refractivity contribution in [3.05, 3.63) is 30.3 Å². The topological polar surface area (TPSA) is 6.48 Å². The van der Waals surface area contributed by atoms with Gasteiger partial charge >= 0.3 is 0 Å². The Morgan fingerprint density at radius 1 is 0.571 bits per heavy atom. The Morgan fingerprint density at radius 3 is 1.54 bits per heavy atom. The highest BCUT2D eigenvalue weighted by Gasteiger charge is 2.16. The van der Waals surface area contributed by atoms with E-state index in [0.29, 0.717) is 0 Å². The third-order valence-electron chi connectivity index (χ3n) is 6.32. The summed E-state index contributed by atoms with van der Waals surface area (Å²) in [6.07, 6.45) is 20.3. The minimum atomic E-state index is 1.18. The third-order valence-corrected chi connectivity index (χ3v) is 6.32. The minimum Gasteiger partial charge on any atom is -0.369 e. The van der Waals surface area contributed by atoms with Crippen LogP contribution < -0.4 is 4.90 Å². The van der Waals surface area contributed by atoms with Crippen LogP contribution in [0, 0.1) is 0 Å². The molecule has 2 nitrogen and oxygen atoms in total. The normalized spacial score (nSPS) is 15.2. The van der Waals surface area contributed by atoms with Crippen LogP contribution in [0.15, 0.2) is 30.3 Å². The van der Waals surface area contributed by atoms with Crippen LogP contribution in [-0.4, -0.2) is 37.6 Å². The van der Waals surface area contributed by atoms with E-state index in [1.807, 2.05) is 0 Å². The lowest BCUT2D eigenvalue weighted by Gasteiger charge is -2.36. The summed E-state index contributed by atoms with van der Waals surface area (Å²) >= 11 is 0. The number of nitrogens with zero attached hydrogens (tertiary/aromatic N) is 2. The molecule has 0 radical (unpaired) electrons. The average molecular weight is 387 g/mol. The van der Waals surface area contributed by atoms with Crippen LogP contribution in [0.1, 0.15) is 96.8 Å². The number of unbranched alkanes of at least 4 members (excludes halogenated alkanes) is 13. The fourth-order valence-electron chi connectivity index (χ4n) is 4.40. The standard InChI is InChI=1S/C26H46N2/c1-2-3-4-5-6-7-8-9-10-11-12-13-14-18-21-27-22-24-28(25-23-27)26-19-16-15-17-20-26/h15-17,19-20H,2-14,18,21-25H2,1H3. The molecule has 1 fully saturated rings. The molecule has 1 aliphatic heterocycles. The largest absolute Gasteiger partial charge is 0.369 e. The second-order valence-corrected chi connectivity index (χ2v) is 8.76. The van der Waals surface area contributed by atoms with Gasteiger partial charge in [0.05, 0.1) is 0 Å². The van der Waals surface area contributed by atoms with Gasteiger partial charge in [0.2, 0.25) is 0 Å². The molecule has 0 spiro atoms. The molecular formula is C26H46N2. The molecule has 1 aromatic rings. The molecule has 0 unspecified atom stereocenters. The number of piperazine rings is 1. The lowest BCUT2D eigenvalue weighted by Crippen LogP contribution is -2.46. The zero-order chi connectivity index (χ0) is 19.7. The molecule has 2 rings (SSSR count). The first-order valence-corrected chi connectivity index (χ1v) is 12.4. The lowest BCUT2D eigenvalue weighted by molar-refractivity contribution is 0.252. The summed E-state index contributed by atoms with van der Waals surface area (Å²) < 4.78 is 0. The molecule has 1 aliphatic rings. The maximum atomic E-state index is 2.67. The van der Waals surface area contributed by atoms with E-state index in [1.54, 1.807) is 0 Å². The van der Waals surface area contributed by atoms with Gasteiger partial charge in [-0.05, 0) is 25.1 Å². The molecule has 28 heavy (non-hydrogen) atoms. The SMILES string of the molecule is CCCCCCCCCCCCCCCCN1CCN(c2ccccc2)CC1. The maximum Gasteiger partial charge on any atom is 0.0367 e. The Hall–Kier alpha value is -1.02. The van der Waals surface area contributed by atoms with E-state index < -0.39 is 0 Å². The Morgan fingerprint density at radius 2 is 1.04 bits per heavy atom. The number of hydrogen-bond donors (Lipinski definition) is 0. The van der Waals surface area contributed by atoms with Crippen LogP contribution in [0.5, 0.6) is 0 Å². The van der Waals surface area contributed by atoms with E-state index >= 15 is 0 Å². The summed E-state index contributed by atoms with van der Waals surface area (Å²) in [4.78, 5) is 5.20. The van der Waals surface area contributed by atoms with Crippen LogP contribution in [0.25, 0.3) is 0 Å². The summed E-state index contributed by atoms with van der Waals surface area (Å²) in [7, 11) is 0. The Balaban J connectivity index is 1.33. The highest BCUT2D eigenvalue weighted by Crippen LogP contribution is 2.16. The molecule has 0 saturated carbocycles.